The smallest absolute Gasteiger partial charge is 0.293 e. The second-order valence-corrected chi connectivity index (χ2v) is 3.44. The summed E-state index contributed by atoms with van der Waals surface area (Å²) in [6.45, 7) is 0.525. The highest BCUT2D eigenvalue weighted by Gasteiger charge is 2.46. The fourth-order valence-electron chi connectivity index (χ4n) is 1.57. The van der Waals surface area contributed by atoms with Crippen LogP contribution < -0.4 is 4.74 Å². The number of hydrogen-bond acceptors (Lipinski definition) is 3. The van der Waals surface area contributed by atoms with Crippen LogP contribution in [0, 0.1) is 0 Å². The summed E-state index contributed by atoms with van der Waals surface area (Å²) in [6, 6.07) is 7.64. The molecule has 0 atom stereocenters. The summed E-state index contributed by atoms with van der Waals surface area (Å²) in [4.78, 5) is 10.3. The molecule has 14 heavy (non-hydrogen) atoms. The first kappa shape index (κ1) is 9.06. The molecule has 0 unspecified atom stereocenters. The fraction of sp³-hybridized carbons (Fsp3) is 0.364. The van der Waals surface area contributed by atoms with E-state index < -0.39 is 0 Å². The fourth-order valence-corrected chi connectivity index (χ4v) is 1.57. The molecule has 2 rings (SSSR count). The lowest BCUT2D eigenvalue weighted by atomic mass is 10.1. The summed E-state index contributed by atoms with van der Waals surface area (Å²) in [7, 11) is 1.63. The van der Waals surface area contributed by atoms with Crippen molar-refractivity contribution >= 4 is 6.47 Å². The highest BCUT2D eigenvalue weighted by molar-refractivity contribution is 5.43. The normalized spacial score (nSPS) is 17.2. The number of carbonyl (C=O) groups excluding carboxylic acids is 1. The largest absolute Gasteiger partial charge is 0.497 e. The van der Waals surface area contributed by atoms with Crippen LogP contribution in [0.25, 0.3) is 0 Å². The Morgan fingerprint density at radius 3 is 2.36 bits per heavy atom. The average molecular weight is 192 g/mol. The molecule has 3 heteroatoms. The molecule has 1 aliphatic carbocycles. The molecule has 1 aliphatic rings. The van der Waals surface area contributed by atoms with Gasteiger partial charge in [-0.3, -0.25) is 4.79 Å². The first-order chi connectivity index (χ1) is 6.80. The molecule has 0 heterocycles. The minimum absolute atomic E-state index is 0.339. The zero-order chi connectivity index (χ0) is 10.0. The molecule has 1 aromatic carbocycles. The van der Waals surface area contributed by atoms with Gasteiger partial charge in [-0.25, -0.2) is 0 Å². The Kier molecular flexibility index (Phi) is 2.15. The molecule has 0 bridgehead atoms. The Balaban J connectivity index is 2.20. The zero-order valence-corrected chi connectivity index (χ0v) is 8.03. The van der Waals surface area contributed by atoms with Gasteiger partial charge in [0.2, 0.25) is 0 Å². The first-order valence-electron chi connectivity index (χ1n) is 4.57. The summed E-state index contributed by atoms with van der Waals surface area (Å²) in [5.41, 5.74) is 0.707. The van der Waals surface area contributed by atoms with Gasteiger partial charge in [-0.2, -0.15) is 0 Å². The quantitative estimate of drug-likeness (QED) is 0.683. The maximum atomic E-state index is 10.3. The predicted molar refractivity (Wildman–Crippen MR) is 51.1 cm³/mol. The Bertz CT molecular complexity index is 325. The van der Waals surface area contributed by atoms with Crippen molar-refractivity contribution in [2.24, 2.45) is 0 Å². The third-order valence-corrected chi connectivity index (χ3v) is 2.59. The van der Waals surface area contributed by atoms with Crippen LogP contribution in [0.2, 0.25) is 0 Å². The molecular weight excluding hydrogens is 180 g/mol. The maximum absolute atomic E-state index is 10.3. The van der Waals surface area contributed by atoms with Crippen LogP contribution in [0.5, 0.6) is 5.75 Å². The van der Waals surface area contributed by atoms with E-state index in [1.54, 1.807) is 7.11 Å². The lowest BCUT2D eigenvalue weighted by Gasteiger charge is -2.13. The maximum Gasteiger partial charge on any atom is 0.293 e. The van der Waals surface area contributed by atoms with Gasteiger partial charge in [0.05, 0.1) is 7.11 Å². The Morgan fingerprint density at radius 2 is 1.93 bits per heavy atom. The van der Waals surface area contributed by atoms with Crippen LogP contribution in [0.1, 0.15) is 18.4 Å². The Labute approximate surface area is 82.6 Å². The van der Waals surface area contributed by atoms with Crippen LogP contribution in [-0.4, -0.2) is 13.6 Å². The van der Waals surface area contributed by atoms with Crippen LogP contribution in [0.3, 0.4) is 0 Å². The van der Waals surface area contributed by atoms with Crippen molar-refractivity contribution in [1.82, 2.24) is 0 Å². The SMILES string of the molecule is COc1ccc(C2(OC=O)CC2)cc1. The Morgan fingerprint density at radius 1 is 1.29 bits per heavy atom. The van der Waals surface area contributed by atoms with E-state index >= 15 is 0 Å². The molecule has 0 radical (unpaired) electrons. The number of hydrogen-bond donors (Lipinski definition) is 0. The molecule has 1 aromatic rings. The molecule has 0 aliphatic heterocycles. The van der Waals surface area contributed by atoms with E-state index in [9.17, 15) is 4.79 Å². The number of benzene rings is 1. The lowest BCUT2D eigenvalue weighted by molar-refractivity contribution is -0.136. The van der Waals surface area contributed by atoms with Crippen LogP contribution >= 0.6 is 0 Å². The molecule has 0 N–H and O–H groups in total. The van der Waals surface area contributed by atoms with Crippen LogP contribution in [0.15, 0.2) is 24.3 Å². The van der Waals surface area contributed by atoms with E-state index in [4.69, 9.17) is 9.47 Å². The predicted octanol–water partition coefficient (Wildman–Crippen LogP) is 1.86. The third-order valence-electron chi connectivity index (χ3n) is 2.59. The summed E-state index contributed by atoms with van der Waals surface area (Å²) in [6.07, 6.45) is 1.83. The van der Waals surface area contributed by atoms with Gasteiger partial charge in [0.25, 0.3) is 6.47 Å². The van der Waals surface area contributed by atoms with E-state index in [1.807, 2.05) is 24.3 Å². The van der Waals surface area contributed by atoms with Crippen molar-refractivity contribution in [3.63, 3.8) is 0 Å². The first-order valence-corrected chi connectivity index (χ1v) is 4.57. The summed E-state index contributed by atoms with van der Waals surface area (Å²) in [5.74, 6) is 0.815. The van der Waals surface area contributed by atoms with Gasteiger partial charge in [0.1, 0.15) is 11.4 Å². The summed E-state index contributed by atoms with van der Waals surface area (Å²) >= 11 is 0. The molecule has 1 saturated carbocycles. The van der Waals surface area contributed by atoms with Gasteiger partial charge in [-0.05, 0) is 30.5 Å². The summed E-state index contributed by atoms with van der Waals surface area (Å²) < 4.78 is 10.1. The van der Waals surface area contributed by atoms with Crippen molar-refractivity contribution in [2.45, 2.75) is 18.4 Å². The molecule has 74 valence electrons. The second kappa shape index (κ2) is 3.33. The molecule has 3 nitrogen and oxygen atoms in total. The van der Waals surface area contributed by atoms with Gasteiger partial charge >= 0.3 is 0 Å². The van der Waals surface area contributed by atoms with E-state index in [2.05, 4.69) is 0 Å². The minimum Gasteiger partial charge on any atom is -0.497 e. The average Bonchev–Trinajstić information content (AvgIpc) is 3.00. The van der Waals surface area contributed by atoms with E-state index in [0.717, 1.165) is 24.2 Å². The van der Waals surface area contributed by atoms with Gasteiger partial charge in [-0.15, -0.1) is 0 Å². The topological polar surface area (TPSA) is 35.5 Å². The van der Waals surface area contributed by atoms with Crippen LogP contribution in [0.4, 0.5) is 0 Å². The molecule has 0 amide bonds. The van der Waals surface area contributed by atoms with Crippen molar-refractivity contribution < 1.29 is 14.3 Å². The minimum atomic E-state index is -0.339. The van der Waals surface area contributed by atoms with Crippen LogP contribution in [-0.2, 0) is 15.1 Å². The number of methoxy groups -OCH3 is 1. The van der Waals surface area contributed by atoms with Gasteiger partial charge in [-0.1, -0.05) is 12.1 Å². The standard InChI is InChI=1S/C11H12O3/c1-13-10-4-2-9(3-5-10)11(6-7-11)14-8-12/h2-5,8H,6-7H2,1H3. The van der Waals surface area contributed by atoms with Crippen molar-refractivity contribution in [2.75, 3.05) is 7.11 Å². The monoisotopic (exact) mass is 192 g/mol. The van der Waals surface area contributed by atoms with E-state index in [-0.39, 0.29) is 5.60 Å². The number of carbonyl (C=O) groups is 1. The second-order valence-electron chi connectivity index (χ2n) is 3.44. The van der Waals surface area contributed by atoms with Gasteiger partial charge in [0, 0.05) is 0 Å². The molecule has 0 aromatic heterocycles. The van der Waals surface area contributed by atoms with Crippen molar-refractivity contribution in [1.29, 1.82) is 0 Å². The molecule has 0 spiro atoms. The third kappa shape index (κ3) is 1.45. The van der Waals surface area contributed by atoms with Crippen molar-refractivity contribution in [3.8, 4) is 5.75 Å². The lowest BCUT2D eigenvalue weighted by Crippen LogP contribution is -2.10. The van der Waals surface area contributed by atoms with E-state index in [0.29, 0.717) is 6.47 Å². The van der Waals surface area contributed by atoms with Gasteiger partial charge in [0.15, 0.2) is 0 Å². The molecule has 1 fully saturated rings. The highest BCUT2D eigenvalue weighted by Crippen LogP contribution is 2.48. The molecular formula is C11H12O3. The van der Waals surface area contributed by atoms with E-state index in [1.165, 1.54) is 0 Å². The van der Waals surface area contributed by atoms with Gasteiger partial charge < -0.3 is 9.47 Å². The Hall–Kier alpha value is -1.51. The zero-order valence-electron chi connectivity index (χ0n) is 8.03. The molecule has 0 saturated heterocycles. The summed E-state index contributed by atoms with van der Waals surface area (Å²) in [5, 5.41) is 0. The van der Waals surface area contributed by atoms with Crippen molar-refractivity contribution in [3.05, 3.63) is 29.8 Å². The highest BCUT2D eigenvalue weighted by atomic mass is 16.5. The number of rotatable bonds is 4. The number of ether oxygens (including phenoxy) is 2.